The lowest BCUT2D eigenvalue weighted by Crippen LogP contribution is -2.46. The van der Waals surface area contributed by atoms with Crippen molar-refractivity contribution in [3.05, 3.63) is 85.9 Å². The molecule has 3 aliphatic carbocycles. The molecule has 0 amide bonds. The molecule has 3 aliphatic rings. The molecule has 0 saturated heterocycles. The third-order valence-electron chi connectivity index (χ3n) is 6.10. The van der Waals surface area contributed by atoms with Gasteiger partial charge in [-0.3, -0.25) is 18.7 Å². The molecule has 5 rings (SSSR count). The Morgan fingerprint density at radius 2 is 1.61 bits per heavy atom. The molecule has 1 aromatic carbocycles. The maximum Gasteiger partial charge on any atom is 0.296 e. The van der Waals surface area contributed by atoms with Crippen LogP contribution < -0.4 is 16.4 Å². The van der Waals surface area contributed by atoms with E-state index in [1.807, 2.05) is 0 Å². The van der Waals surface area contributed by atoms with E-state index in [2.05, 4.69) is 37.0 Å². The average Bonchev–Trinajstić information content (AvgIpc) is 2.86. The van der Waals surface area contributed by atoms with Crippen LogP contribution in [0.15, 0.2) is 80.2 Å². The predicted molar refractivity (Wildman–Crippen MR) is 144 cm³/mol. The van der Waals surface area contributed by atoms with Crippen LogP contribution in [0.4, 0.5) is 17.3 Å². The van der Waals surface area contributed by atoms with Crippen molar-refractivity contribution in [2.45, 2.75) is 4.90 Å². The number of allylic oxidation sites excluding steroid dienone is 7. The number of hydrogen-bond acceptors (Lipinski definition) is 12. The number of Topliss-reactive ketones (excluding diaryl/α,β-unsaturated/α-hetero) is 2. The monoisotopic (exact) mass is 636 g/mol. The number of rotatable bonds is 6. The van der Waals surface area contributed by atoms with Crippen molar-refractivity contribution in [2.24, 2.45) is 17.6 Å². The number of halogens is 2. The van der Waals surface area contributed by atoms with Gasteiger partial charge in [-0.05, 0) is 59.6 Å². The van der Waals surface area contributed by atoms with Gasteiger partial charge in [0, 0.05) is 22.7 Å². The van der Waals surface area contributed by atoms with Gasteiger partial charge in [-0.15, -0.1) is 0 Å². The van der Waals surface area contributed by atoms with Crippen molar-refractivity contribution in [3.63, 3.8) is 0 Å². The van der Waals surface area contributed by atoms with Crippen LogP contribution in [0.5, 0.6) is 0 Å². The zero-order chi connectivity index (χ0) is 29.9. The fourth-order valence-electron chi connectivity index (χ4n) is 4.46. The summed E-state index contributed by atoms with van der Waals surface area (Å²) in [5.41, 5.74) is 10.0. The quantitative estimate of drug-likeness (QED) is 0.226. The van der Waals surface area contributed by atoms with E-state index in [-0.39, 0.29) is 44.7 Å². The van der Waals surface area contributed by atoms with E-state index in [0.717, 1.165) is 18.2 Å². The third-order valence-corrected chi connectivity index (χ3v) is 8.26. The summed E-state index contributed by atoms with van der Waals surface area (Å²) in [6.07, 6.45) is 3.63. The highest BCUT2D eigenvalue weighted by atomic mass is 35.5. The minimum Gasteiger partial charge on any atom is -0.400 e. The van der Waals surface area contributed by atoms with Crippen LogP contribution >= 0.6 is 23.2 Å². The molecule has 1 aromatic heterocycles. The summed E-state index contributed by atoms with van der Waals surface area (Å²) < 4.78 is 67.9. The summed E-state index contributed by atoms with van der Waals surface area (Å²) in [7, 11) is -9.78. The molecule has 1 saturated carbocycles. The number of benzene rings is 1. The van der Waals surface area contributed by atoms with Gasteiger partial charge in [0.05, 0.1) is 23.1 Å². The van der Waals surface area contributed by atoms with Crippen molar-refractivity contribution in [2.75, 3.05) is 10.6 Å². The van der Waals surface area contributed by atoms with Crippen molar-refractivity contribution in [1.29, 1.82) is 0 Å². The summed E-state index contributed by atoms with van der Waals surface area (Å²) in [6, 6.07) is 3.30. The number of fused-ring (bicyclic) bond motifs is 2. The number of nitrogens with one attached hydrogen (secondary N) is 2. The summed E-state index contributed by atoms with van der Waals surface area (Å²) >= 11 is 11.5. The predicted octanol–water partition coefficient (Wildman–Crippen LogP) is 2.10. The van der Waals surface area contributed by atoms with Gasteiger partial charge in [-0.1, -0.05) is 11.5 Å². The number of hydrogen-bond donors (Lipinski definition) is 5. The zero-order valence-corrected chi connectivity index (χ0v) is 23.1. The Hall–Kier alpha value is -4.11. The van der Waals surface area contributed by atoms with E-state index >= 15 is 0 Å². The smallest absolute Gasteiger partial charge is 0.296 e. The molecule has 0 spiro atoms. The van der Waals surface area contributed by atoms with Crippen LogP contribution in [0.25, 0.3) is 0 Å². The molecule has 0 radical (unpaired) electrons. The zero-order valence-electron chi connectivity index (χ0n) is 20.0. The van der Waals surface area contributed by atoms with Crippen LogP contribution in [-0.2, 0) is 29.8 Å². The van der Waals surface area contributed by atoms with E-state index in [0.29, 0.717) is 0 Å². The number of carbonyl (C=O) groups is 2. The highest BCUT2D eigenvalue weighted by Crippen LogP contribution is 2.44. The van der Waals surface area contributed by atoms with Gasteiger partial charge in [0.2, 0.25) is 16.5 Å². The van der Waals surface area contributed by atoms with Gasteiger partial charge in [0.15, 0.2) is 11.6 Å². The molecule has 0 aliphatic heterocycles. The topological polar surface area (TPSA) is 232 Å². The second-order valence-corrected chi connectivity index (χ2v) is 12.1. The van der Waals surface area contributed by atoms with Gasteiger partial charge < -0.3 is 16.4 Å². The standard InChI is InChI=1S/C23H14Cl2N6O8S2/c24-21-29-22(25)31-23(30-21)28-12-7-9(5-6-14(12)40(34,35)36)27-13-8-15(41(37,38)39)18(26)17-16(13)19(32)10-3-1-2-4-11(10)20(17)33/h1,3,5-8,16-17,27H,26H2,(H,34,35,36)(H,37,38,39)(H,28,29,30,31). The SMILES string of the molecule is NC1=C(S(=O)(=O)O)C=C(Nc2ccc(S(=O)(=O)O)c(Nc3nc(Cl)nc(Cl)n3)c2)C2C(=O)C3=CC=C=C=C3C(=O)C12. The van der Waals surface area contributed by atoms with Crippen LogP contribution in [0.3, 0.4) is 0 Å². The van der Waals surface area contributed by atoms with E-state index in [1.165, 1.54) is 18.2 Å². The largest absolute Gasteiger partial charge is 0.400 e. The molecule has 2 atom stereocenters. The molecule has 210 valence electrons. The number of anilines is 3. The van der Waals surface area contributed by atoms with Gasteiger partial charge in [-0.25, -0.2) is 0 Å². The molecule has 6 N–H and O–H groups in total. The lowest BCUT2D eigenvalue weighted by Gasteiger charge is -2.36. The van der Waals surface area contributed by atoms with E-state index < -0.39 is 59.1 Å². The van der Waals surface area contributed by atoms with Gasteiger partial charge >= 0.3 is 0 Å². The number of nitrogens with zero attached hydrogens (tertiary/aromatic N) is 3. The van der Waals surface area contributed by atoms with Crippen LogP contribution in [-0.4, -0.2) is 52.5 Å². The highest BCUT2D eigenvalue weighted by molar-refractivity contribution is 7.90. The Morgan fingerprint density at radius 1 is 0.927 bits per heavy atom. The first kappa shape index (κ1) is 28.4. The molecule has 41 heavy (non-hydrogen) atoms. The summed E-state index contributed by atoms with van der Waals surface area (Å²) in [6.45, 7) is 0. The Morgan fingerprint density at radius 3 is 2.24 bits per heavy atom. The summed E-state index contributed by atoms with van der Waals surface area (Å²) in [5, 5.41) is 4.68. The van der Waals surface area contributed by atoms with E-state index in [4.69, 9.17) is 28.9 Å². The molecular formula is C23H14Cl2N6O8S2. The number of nitrogens with two attached hydrogens (primary N) is 1. The minimum atomic E-state index is -4.97. The number of carbonyl (C=O) groups excluding carboxylic acids is 2. The van der Waals surface area contributed by atoms with Crippen molar-refractivity contribution < 1.29 is 35.5 Å². The van der Waals surface area contributed by atoms with Crippen molar-refractivity contribution in [1.82, 2.24) is 15.0 Å². The van der Waals surface area contributed by atoms with E-state index in [1.54, 1.807) is 0 Å². The molecule has 2 aromatic rings. The fourth-order valence-corrected chi connectivity index (χ4v) is 6.15. The molecule has 18 heteroatoms. The summed E-state index contributed by atoms with van der Waals surface area (Å²) in [5.74, 6) is -4.49. The van der Waals surface area contributed by atoms with E-state index in [9.17, 15) is 35.5 Å². The molecule has 14 nitrogen and oxygen atoms in total. The van der Waals surface area contributed by atoms with Crippen molar-refractivity contribution in [3.8, 4) is 0 Å². The fraction of sp³-hybridized carbons (Fsp3) is 0.0870. The minimum absolute atomic E-state index is 0.00141. The molecule has 1 heterocycles. The lowest BCUT2D eigenvalue weighted by atomic mass is 9.67. The lowest BCUT2D eigenvalue weighted by molar-refractivity contribution is -0.128. The molecular weight excluding hydrogens is 623 g/mol. The molecule has 2 unspecified atom stereocenters. The average molecular weight is 637 g/mol. The summed E-state index contributed by atoms with van der Waals surface area (Å²) in [4.78, 5) is 36.6. The van der Waals surface area contributed by atoms with Gasteiger partial charge in [-0.2, -0.15) is 31.8 Å². The maximum atomic E-state index is 13.5. The number of ketones is 2. The Bertz CT molecular complexity index is 1990. The van der Waals surface area contributed by atoms with Gasteiger partial charge in [0.25, 0.3) is 20.2 Å². The highest BCUT2D eigenvalue weighted by Gasteiger charge is 2.50. The normalized spacial score (nSPS) is 20.1. The van der Waals surface area contributed by atoms with Crippen LogP contribution in [0.2, 0.25) is 10.6 Å². The second kappa shape index (κ2) is 10.1. The Kier molecular flexibility index (Phi) is 6.98. The first-order chi connectivity index (χ1) is 19.1. The Labute approximate surface area is 241 Å². The van der Waals surface area contributed by atoms with Crippen LogP contribution in [0.1, 0.15) is 0 Å². The molecule has 1 fully saturated rings. The van der Waals surface area contributed by atoms with Crippen LogP contribution in [0, 0.1) is 11.8 Å². The third kappa shape index (κ3) is 5.34. The first-order valence-corrected chi connectivity index (χ1v) is 14.7. The Balaban J connectivity index is 1.63. The second-order valence-electron chi connectivity index (χ2n) is 8.60. The van der Waals surface area contributed by atoms with Gasteiger partial charge in [0.1, 0.15) is 9.80 Å². The molecule has 0 bridgehead atoms. The van der Waals surface area contributed by atoms with Crippen molar-refractivity contribution >= 4 is 72.3 Å². The number of aromatic nitrogens is 3. The maximum absolute atomic E-state index is 13.5. The first-order valence-electron chi connectivity index (χ1n) is 11.1.